The molecule has 114 valence electrons. The van der Waals surface area contributed by atoms with Crippen LogP contribution in [0, 0.1) is 6.92 Å². The number of nitrogens with one attached hydrogen (secondary N) is 1. The molecule has 0 radical (unpaired) electrons. The normalized spacial score (nSPS) is 12.6. The Hall–Kier alpha value is -2.88. The van der Waals surface area contributed by atoms with Gasteiger partial charge >= 0.3 is 0 Å². The summed E-state index contributed by atoms with van der Waals surface area (Å²) in [5.41, 5.74) is 4.66. The number of H-pyrrole nitrogens is 1. The minimum Gasteiger partial charge on any atom is -0.342 e. The van der Waals surface area contributed by atoms with Gasteiger partial charge in [0.05, 0.1) is 23.4 Å². The lowest BCUT2D eigenvalue weighted by Crippen LogP contribution is -2.12. The molecule has 0 saturated carbocycles. The number of hydrogen-bond donors (Lipinski definition) is 1. The highest BCUT2D eigenvalue weighted by Crippen LogP contribution is 2.25. The number of fused-ring (bicyclic) bond motifs is 1. The van der Waals surface area contributed by atoms with E-state index in [0.717, 1.165) is 23.3 Å². The number of imidazole rings is 2. The molecule has 0 aliphatic heterocycles. The smallest absolute Gasteiger partial charge is 0.104 e. The van der Waals surface area contributed by atoms with Crippen LogP contribution in [0.2, 0.25) is 0 Å². The van der Waals surface area contributed by atoms with Crippen LogP contribution in [0.15, 0.2) is 67.3 Å². The van der Waals surface area contributed by atoms with Crippen LogP contribution in [0.25, 0.3) is 11.0 Å². The fourth-order valence-electron chi connectivity index (χ4n) is 3.05. The van der Waals surface area contributed by atoms with Crippen molar-refractivity contribution in [2.24, 2.45) is 0 Å². The lowest BCUT2D eigenvalue weighted by Gasteiger charge is -2.19. The molecule has 1 unspecified atom stereocenters. The molecule has 1 atom stereocenters. The van der Waals surface area contributed by atoms with Gasteiger partial charge in [0.15, 0.2) is 0 Å². The standard InChI is InChI=1S/C19H18N4/c1-14-21-17-8-7-16(12-18(17)22-14)19(23-10-9-20-13-23)11-15-5-3-2-4-6-15/h2-10,12-13,19H,11H2,1H3,(H,21,22). The molecule has 4 heteroatoms. The van der Waals surface area contributed by atoms with Crippen LogP contribution >= 0.6 is 0 Å². The van der Waals surface area contributed by atoms with Crippen molar-refractivity contribution in [2.45, 2.75) is 19.4 Å². The molecule has 4 aromatic rings. The maximum Gasteiger partial charge on any atom is 0.104 e. The topological polar surface area (TPSA) is 46.5 Å². The lowest BCUT2D eigenvalue weighted by molar-refractivity contribution is 0.581. The van der Waals surface area contributed by atoms with Crippen LogP contribution in [-0.4, -0.2) is 19.5 Å². The molecule has 0 amide bonds. The van der Waals surface area contributed by atoms with E-state index in [-0.39, 0.29) is 6.04 Å². The third-order valence-corrected chi connectivity index (χ3v) is 4.17. The molecule has 2 aromatic carbocycles. The Balaban J connectivity index is 1.76. The van der Waals surface area contributed by atoms with E-state index in [4.69, 9.17) is 0 Å². The van der Waals surface area contributed by atoms with Crippen molar-refractivity contribution < 1.29 is 0 Å². The lowest BCUT2D eigenvalue weighted by atomic mass is 9.98. The van der Waals surface area contributed by atoms with Crippen molar-refractivity contribution in [3.8, 4) is 0 Å². The fraction of sp³-hybridized carbons (Fsp3) is 0.158. The Bertz CT molecular complexity index is 907. The van der Waals surface area contributed by atoms with Crippen molar-refractivity contribution in [3.05, 3.63) is 84.2 Å². The molecule has 23 heavy (non-hydrogen) atoms. The first-order chi connectivity index (χ1) is 11.3. The van der Waals surface area contributed by atoms with Gasteiger partial charge in [-0.2, -0.15) is 0 Å². The van der Waals surface area contributed by atoms with Gasteiger partial charge in [-0.15, -0.1) is 0 Å². The van der Waals surface area contributed by atoms with Crippen LogP contribution in [0.4, 0.5) is 0 Å². The van der Waals surface area contributed by atoms with E-state index in [9.17, 15) is 0 Å². The highest BCUT2D eigenvalue weighted by atomic mass is 15.0. The predicted octanol–water partition coefficient (Wildman–Crippen LogP) is 3.90. The first kappa shape index (κ1) is 13.8. The van der Waals surface area contributed by atoms with Gasteiger partial charge in [0, 0.05) is 12.4 Å². The Morgan fingerprint density at radius 1 is 1.13 bits per heavy atom. The number of benzene rings is 2. The number of aromatic nitrogens is 4. The summed E-state index contributed by atoms with van der Waals surface area (Å²) in [7, 11) is 0. The summed E-state index contributed by atoms with van der Waals surface area (Å²) < 4.78 is 2.16. The summed E-state index contributed by atoms with van der Waals surface area (Å²) in [4.78, 5) is 12.0. The first-order valence-corrected chi connectivity index (χ1v) is 7.77. The van der Waals surface area contributed by atoms with Gasteiger partial charge in [-0.1, -0.05) is 36.4 Å². The van der Waals surface area contributed by atoms with Crippen molar-refractivity contribution in [3.63, 3.8) is 0 Å². The van der Waals surface area contributed by atoms with Crippen LogP contribution in [0.3, 0.4) is 0 Å². The zero-order chi connectivity index (χ0) is 15.6. The summed E-state index contributed by atoms with van der Waals surface area (Å²) >= 11 is 0. The van der Waals surface area contributed by atoms with Crippen LogP contribution in [-0.2, 0) is 6.42 Å². The Labute approximate surface area is 134 Å². The average Bonchev–Trinajstić information content (AvgIpc) is 3.21. The summed E-state index contributed by atoms with van der Waals surface area (Å²) in [5, 5.41) is 0. The van der Waals surface area contributed by atoms with E-state index in [2.05, 4.69) is 68.0 Å². The highest BCUT2D eigenvalue weighted by molar-refractivity contribution is 5.76. The molecule has 2 aromatic heterocycles. The summed E-state index contributed by atoms with van der Waals surface area (Å²) in [6.07, 6.45) is 6.67. The second kappa shape index (κ2) is 5.72. The predicted molar refractivity (Wildman–Crippen MR) is 91.3 cm³/mol. The SMILES string of the molecule is Cc1nc2ccc(C(Cc3ccccc3)n3ccnc3)cc2[nH]1. The molecular formula is C19H18N4. The number of rotatable bonds is 4. The van der Waals surface area contributed by atoms with Gasteiger partial charge in [0.1, 0.15) is 5.82 Å². The van der Waals surface area contributed by atoms with E-state index < -0.39 is 0 Å². The van der Waals surface area contributed by atoms with Gasteiger partial charge in [0.2, 0.25) is 0 Å². The Morgan fingerprint density at radius 3 is 2.78 bits per heavy atom. The van der Waals surface area contributed by atoms with E-state index in [1.807, 2.05) is 25.6 Å². The molecule has 1 N–H and O–H groups in total. The van der Waals surface area contributed by atoms with E-state index in [1.165, 1.54) is 11.1 Å². The van der Waals surface area contributed by atoms with Crippen molar-refractivity contribution in [1.29, 1.82) is 0 Å². The second-order valence-corrected chi connectivity index (χ2v) is 5.81. The minimum absolute atomic E-state index is 0.216. The summed E-state index contributed by atoms with van der Waals surface area (Å²) in [5.74, 6) is 0.944. The maximum absolute atomic E-state index is 4.49. The Kier molecular flexibility index (Phi) is 3.42. The van der Waals surface area contributed by atoms with Crippen molar-refractivity contribution in [1.82, 2.24) is 19.5 Å². The molecule has 0 spiro atoms. The maximum atomic E-state index is 4.49. The van der Waals surface area contributed by atoms with Gasteiger partial charge in [-0.05, 0) is 36.6 Å². The fourth-order valence-corrected chi connectivity index (χ4v) is 3.05. The molecule has 4 nitrogen and oxygen atoms in total. The van der Waals surface area contributed by atoms with Gasteiger partial charge in [0.25, 0.3) is 0 Å². The van der Waals surface area contributed by atoms with E-state index in [0.29, 0.717) is 0 Å². The largest absolute Gasteiger partial charge is 0.342 e. The van der Waals surface area contributed by atoms with Gasteiger partial charge in [-0.3, -0.25) is 0 Å². The number of aromatic amines is 1. The molecule has 0 fully saturated rings. The van der Waals surface area contributed by atoms with Crippen LogP contribution in [0.5, 0.6) is 0 Å². The first-order valence-electron chi connectivity index (χ1n) is 7.77. The monoisotopic (exact) mass is 302 g/mol. The second-order valence-electron chi connectivity index (χ2n) is 5.81. The summed E-state index contributed by atoms with van der Waals surface area (Å²) in [6.45, 7) is 1.98. The molecule has 0 aliphatic carbocycles. The van der Waals surface area contributed by atoms with Gasteiger partial charge in [-0.25, -0.2) is 9.97 Å². The summed E-state index contributed by atoms with van der Waals surface area (Å²) in [6, 6.07) is 17.2. The van der Waals surface area contributed by atoms with Crippen LogP contribution < -0.4 is 0 Å². The van der Waals surface area contributed by atoms with Crippen molar-refractivity contribution in [2.75, 3.05) is 0 Å². The molecule has 4 rings (SSSR count). The zero-order valence-corrected chi connectivity index (χ0v) is 13.0. The molecule has 0 saturated heterocycles. The van der Waals surface area contributed by atoms with E-state index >= 15 is 0 Å². The van der Waals surface area contributed by atoms with E-state index in [1.54, 1.807) is 0 Å². The van der Waals surface area contributed by atoms with Crippen molar-refractivity contribution >= 4 is 11.0 Å². The molecule has 2 heterocycles. The average molecular weight is 302 g/mol. The van der Waals surface area contributed by atoms with Gasteiger partial charge < -0.3 is 9.55 Å². The molecule has 0 bridgehead atoms. The quantitative estimate of drug-likeness (QED) is 0.621. The number of hydrogen-bond acceptors (Lipinski definition) is 2. The third-order valence-electron chi connectivity index (χ3n) is 4.17. The highest BCUT2D eigenvalue weighted by Gasteiger charge is 2.15. The molecular weight excluding hydrogens is 284 g/mol. The third kappa shape index (κ3) is 2.75. The van der Waals surface area contributed by atoms with Crippen LogP contribution in [0.1, 0.15) is 23.0 Å². The number of aryl methyl sites for hydroxylation is 1. The zero-order valence-electron chi connectivity index (χ0n) is 13.0. The number of nitrogens with zero attached hydrogens (tertiary/aromatic N) is 3. The minimum atomic E-state index is 0.216. The molecule has 0 aliphatic rings. The Morgan fingerprint density at radius 2 is 2.00 bits per heavy atom.